The summed E-state index contributed by atoms with van der Waals surface area (Å²) < 4.78 is 5.22. The van der Waals surface area contributed by atoms with Crippen molar-refractivity contribution in [1.82, 2.24) is 0 Å². The van der Waals surface area contributed by atoms with Crippen molar-refractivity contribution in [2.75, 3.05) is 7.11 Å². The number of hydrogen-bond acceptors (Lipinski definition) is 1. The van der Waals surface area contributed by atoms with Gasteiger partial charge < -0.3 is 4.74 Å². The fraction of sp³-hybridized carbons (Fsp3) is 0.211. The summed E-state index contributed by atoms with van der Waals surface area (Å²) in [4.78, 5) is 0. The number of ether oxygens (including phenoxy) is 1. The predicted molar refractivity (Wildman–Crippen MR) is 93.7 cm³/mol. The predicted octanol–water partition coefficient (Wildman–Crippen LogP) is 5.04. The molecular formula is C19H21OP. The van der Waals surface area contributed by atoms with E-state index in [2.05, 4.69) is 49.7 Å². The molecule has 2 aromatic rings. The molecule has 2 rings (SSSR count). The average Bonchev–Trinajstić information content (AvgIpc) is 2.52. The van der Waals surface area contributed by atoms with Crippen molar-refractivity contribution in [3.8, 4) is 5.75 Å². The van der Waals surface area contributed by atoms with Crippen molar-refractivity contribution in [2.24, 2.45) is 0 Å². The summed E-state index contributed by atoms with van der Waals surface area (Å²) in [5.74, 6) is 3.12. The third kappa shape index (κ3) is 4.60. The molecule has 1 atom stereocenters. The molecule has 2 aromatic carbocycles. The maximum atomic E-state index is 5.22. The zero-order valence-corrected chi connectivity index (χ0v) is 13.7. The van der Waals surface area contributed by atoms with Crippen LogP contribution in [-0.2, 0) is 0 Å². The number of rotatable bonds is 5. The van der Waals surface area contributed by atoms with Crippen molar-refractivity contribution in [3.05, 3.63) is 71.7 Å². The summed E-state index contributed by atoms with van der Waals surface area (Å²) in [6.07, 6.45) is 2.04. The van der Waals surface area contributed by atoms with Gasteiger partial charge in [0.2, 0.25) is 0 Å². The Bertz CT molecular complexity index is 608. The number of hydrogen-bond donors (Lipinski definition) is 0. The standard InChI is InChI=1S/C19H21OP/c1-16(2)21(19-13-11-18(20-3)12-14-19)15-7-10-17-8-5-4-6-9-17/h4-6,8-16H,1-3H3. The fourth-order valence-electron chi connectivity index (χ4n) is 2.04. The van der Waals surface area contributed by atoms with Crippen LogP contribution >= 0.6 is 7.92 Å². The van der Waals surface area contributed by atoms with Crippen LogP contribution in [0.1, 0.15) is 19.4 Å². The Balaban J connectivity index is 2.21. The van der Waals surface area contributed by atoms with Crippen LogP contribution in [0.4, 0.5) is 0 Å². The van der Waals surface area contributed by atoms with Crippen molar-refractivity contribution < 1.29 is 4.74 Å². The molecule has 0 saturated carbocycles. The first-order chi connectivity index (χ1) is 10.2. The molecule has 0 spiro atoms. The molecule has 0 aliphatic carbocycles. The second kappa shape index (κ2) is 7.84. The van der Waals surface area contributed by atoms with Gasteiger partial charge in [-0.2, -0.15) is 0 Å². The summed E-state index contributed by atoms with van der Waals surface area (Å²) in [7, 11) is 1.35. The van der Waals surface area contributed by atoms with E-state index in [4.69, 9.17) is 4.74 Å². The smallest absolute Gasteiger partial charge is 0.118 e. The van der Waals surface area contributed by atoms with Gasteiger partial charge in [0.05, 0.1) is 7.11 Å². The lowest BCUT2D eigenvalue weighted by atomic mass is 10.2. The van der Waals surface area contributed by atoms with Crippen molar-refractivity contribution in [3.63, 3.8) is 0 Å². The highest BCUT2D eigenvalue weighted by Crippen LogP contribution is 2.41. The average molecular weight is 296 g/mol. The van der Waals surface area contributed by atoms with E-state index in [9.17, 15) is 0 Å². The molecule has 0 aliphatic heterocycles. The first-order valence-corrected chi connectivity index (χ1v) is 8.59. The Morgan fingerprint density at radius 1 is 1.00 bits per heavy atom. The highest BCUT2D eigenvalue weighted by molar-refractivity contribution is 7.69. The van der Waals surface area contributed by atoms with Gasteiger partial charge in [-0.1, -0.05) is 56.3 Å². The van der Waals surface area contributed by atoms with E-state index in [1.165, 1.54) is 10.9 Å². The number of benzene rings is 2. The third-order valence-corrected chi connectivity index (χ3v) is 5.62. The molecule has 0 fully saturated rings. The summed E-state index contributed by atoms with van der Waals surface area (Å²) in [5, 5.41) is 1.36. The number of methoxy groups -OCH3 is 1. The van der Waals surface area contributed by atoms with Crippen LogP contribution in [0, 0.1) is 0 Å². The Kier molecular flexibility index (Phi) is 5.81. The van der Waals surface area contributed by atoms with Gasteiger partial charge in [0.15, 0.2) is 0 Å². The van der Waals surface area contributed by atoms with Gasteiger partial charge in [-0.3, -0.25) is 0 Å². The van der Waals surface area contributed by atoms with Crippen LogP contribution in [0.25, 0.3) is 6.08 Å². The van der Waals surface area contributed by atoms with E-state index >= 15 is 0 Å². The van der Waals surface area contributed by atoms with E-state index in [-0.39, 0.29) is 7.92 Å². The zero-order chi connectivity index (χ0) is 15.1. The lowest BCUT2D eigenvalue weighted by Crippen LogP contribution is -2.05. The van der Waals surface area contributed by atoms with Crippen LogP contribution in [0.5, 0.6) is 5.75 Å². The van der Waals surface area contributed by atoms with Gasteiger partial charge in [-0.15, -0.1) is 5.73 Å². The van der Waals surface area contributed by atoms with Crippen LogP contribution in [0.3, 0.4) is 0 Å². The molecule has 0 aromatic heterocycles. The molecule has 0 N–H and O–H groups in total. The molecule has 0 radical (unpaired) electrons. The molecule has 0 aliphatic rings. The minimum Gasteiger partial charge on any atom is -0.497 e. The van der Waals surface area contributed by atoms with E-state index in [0.29, 0.717) is 5.66 Å². The summed E-state index contributed by atoms with van der Waals surface area (Å²) in [6.45, 7) is 4.52. The molecule has 0 heterocycles. The second-order valence-electron chi connectivity index (χ2n) is 5.05. The first-order valence-electron chi connectivity index (χ1n) is 7.11. The topological polar surface area (TPSA) is 9.23 Å². The summed E-state index contributed by atoms with van der Waals surface area (Å²) in [5.41, 5.74) is 5.13. The van der Waals surface area contributed by atoms with Gasteiger partial charge >= 0.3 is 0 Å². The molecule has 108 valence electrons. The largest absolute Gasteiger partial charge is 0.497 e. The van der Waals surface area contributed by atoms with Crippen molar-refractivity contribution >= 4 is 19.3 Å². The van der Waals surface area contributed by atoms with Crippen LogP contribution < -0.4 is 10.0 Å². The van der Waals surface area contributed by atoms with Crippen LogP contribution in [0.2, 0.25) is 0 Å². The SMILES string of the molecule is COc1ccc(P(C=C=Cc2ccccc2)C(C)C)cc1. The fourth-order valence-corrected chi connectivity index (χ4v) is 3.81. The lowest BCUT2D eigenvalue weighted by Gasteiger charge is -2.17. The zero-order valence-electron chi connectivity index (χ0n) is 12.8. The molecule has 0 saturated heterocycles. The summed E-state index contributed by atoms with van der Waals surface area (Å²) in [6, 6.07) is 18.7. The molecule has 1 unspecified atom stereocenters. The Morgan fingerprint density at radius 3 is 2.24 bits per heavy atom. The molecule has 0 amide bonds. The van der Waals surface area contributed by atoms with Gasteiger partial charge in [0, 0.05) is 0 Å². The van der Waals surface area contributed by atoms with E-state index in [0.717, 1.165) is 5.75 Å². The van der Waals surface area contributed by atoms with Gasteiger partial charge in [0.25, 0.3) is 0 Å². The maximum Gasteiger partial charge on any atom is 0.118 e. The first kappa shape index (κ1) is 15.6. The van der Waals surface area contributed by atoms with Gasteiger partial charge in [-0.25, -0.2) is 0 Å². The van der Waals surface area contributed by atoms with E-state index in [1.807, 2.05) is 36.4 Å². The molecule has 2 heteroatoms. The van der Waals surface area contributed by atoms with Crippen molar-refractivity contribution in [1.29, 1.82) is 0 Å². The molecule has 21 heavy (non-hydrogen) atoms. The Labute approximate surface area is 128 Å². The molecule has 1 nitrogen and oxygen atoms in total. The molecular weight excluding hydrogens is 275 g/mol. The highest BCUT2D eigenvalue weighted by Gasteiger charge is 2.11. The monoisotopic (exact) mass is 296 g/mol. The molecule has 0 bridgehead atoms. The normalized spacial score (nSPS) is 11.6. The maximum absolute atomic E-state index is 5.22. The Morgan fingerprint density at radius 2 is 1.67 bits per heavy atom. The third-order valence-electron chi connectivity index (χ3n) is 3.19. The van der Waals surface area contributed by atoms with E-state index < -0.39 is 0 Å². The minimum atomic E-state index is -0.351. The quantitative estimate of drug-likeness (QED) is 0.555. The van der Waals surface area contributed by atoms with E-state index in [1.54, 1.807) is 7.11 Å². The van der Waals surface area contributed by atoms with Crippen LogP contribution in [0.15, 0.2) is 66.1 Å². The second-order valence-corrected chi connectivity index (χ2v) is 7.67. The lowest BCUT2D eigenvalue weighted by molar-refractivity contribution is 0.415. The van der Waals surface area contributed by atoms with Gasteiger partial charge in [-0.05, 0) is 48.5 Å². The summed E-state index contributed by atoms with van der Waals surface area (Å²) >= 11 is 0. The minimum absolute atomic E-state index is 0.351. The Hall–Kier alpha value is -1.81. The highest BCUT2D eigenvalue weighted by atomic mass is 31.1. The van der Waals surface area contributed by atoms with Crippen molar-refractivity contribution in [2.45, 2.75) is 19.5 Å². The van der Waals surface area contributed by atoms with Crippen LogP contribution in [-0.4, -0.2) is 12.8 Å². The van der Waals surface area contributed by atoms with Gasteiger partial charge in [0.1, 0.15) is 5.75 Å².